The molecule has 1 saturated heterocycles. The van der Waals surface area contributed by atoms with E-state index in [2.05, 4.69) is 57.4 Å². The van der Waals surface area contributed by atoms with Crippen LogP contribution in [0.4, 0.5) is 11.4 Å². The normalized spacial score (nSPS) is 23.9. The molecule has 2 heterocycles. The Labute approximate surface area is 128 Å². The monoisotopic (exact) mass is 337 g/mol. The summed E-state index contributed by atoms with van der Waals surface area (Å²) in [5.41, 5.74) is 3.48. The summed E-state index contributed by atoms with van der Waals surface area (Å²) < 4.78 is 1.06. The van der Waals surface area contributed by atoms with Gasteiger partial charge in [-0.15, -0.1) is 0 Å². The molecule has 1 aromatic rings. The van der Waals surface area contributed by atoms with Gasteiger partial charge in [0.1, 0.15) is 6.04 Å². The largest absolute Gasteiger partial charge is 0.370 e. The third kappa shape index (κ3) is 2.23. The molecule has 0 aliphatic carbocycles. The van der Waals surface area contributed by atoms with Gasteiger partial charge in [0.05, 0.1) is 5.69 Å². The lowest BCUT2D eigenvalue weighted by molar-refractivity contribution is -0.117. The third-order valence-corrected chi connectivity index (χ3v) is 4.89. The number of nitrogens with one attached hydrogen (secondary N) is 2. The summed E-state index contributed by atoms with van der Waals surface area (Å²) in [5.74, 6) is 0.0216. The maximum atomic E-state index is 11.9. The Hall–Kier alpha value is -1.07. The zero-order valence-corrected chi connectivity index (χ0v) is 13.7. The number of carbonyl (C=O) groups is 1. The van der Waals surface area contributed by atoms with Gasteiger partial charge in [0, 0.05) is 28.8 Å². The van der Waals surface area contributed by atoms with E-state index in [9.17, 15) is 4.79 Å². The van der Waals surface area contributed by atoms with Crippen LogP contribution in [0.2, 0.25) is 0 Å². The molecule has 1 amide bonds. The highest BCUT2D eigenvalue weighted by Crippen LogP contribution is 2.42. The second-order valence-electron chi connectivity index (χ2n) is 6.44. The van der Waals surface area contributed by atoms with Crippen LogP contribution in [0.3, 0.4) is 0 Å². The Morgan fingerprint density at radius 3 is 2.80 bits per heavy atom. The summed E-state index contributed by atoms with van der Waals surface area (Å²) in [5, 5.41) is 6.01. The van der Waals surface area contributed by atoms with E-state index in [0.29, 0.717) is 5.41 Å². The number of fused-ring (bicyclic) bond motifs is 1. The minimum atomic E-state index is -0.245. The number of rotatable bonds is 2. The molecule has 4 nitrogen and oxygen atoms in total. The van der Waals surface area contributed by atoms with Gasteiger partial charge in [0.2, 0.25) is 5.91 Å². The van der Waals surface area contributed by atoms with Crippen molar-refractivity contribution >= 4 is 33.2 Å². The van der Waals surface area contributed by atoms with Crippen LogP contribution in [0, 0.1) is 5.41 Å². The fourth-order valence-electron chi connectivity index (χ4n) is 3.12. The van der Waals surface area contributed by atoms with Gasteiger partial charge in [-0.2, -0.15) is 0 Å². The smallest absolute Gasteiger partial charge is 0.246 e. The van der Waals surface area contributed by atoms with E-state index < -0.39 is 0 Å². The summed E-state index contributed by atoms with van der Waals surface area (Å²) >= 11 is 3.67. The predicted octanol–water partition coefficient (Wildman–Crippen LogP) is 2.90. The zero-order chi connectivity index (χ0) is 14.5. The molecule has 1 unspecified atom stereocenters. The molecule has 1 aromatic carbocycles. The van der Waals surface area contributed by atoms with Crippen LogP contribution in [0.25, 0.3) is 0 Å². The molecule has 0 aromatic heterocycles. The van der Waals surface area contributed by atoms with Gasteiger partial charge in [0.15, 0.2) is 0 Å². The van der Waals surface area contributed by atoms with Gasteiger partial charge < -0.3 is 15.5 Å². The number of anilines is 2. The number of halogens is 1. The number of amides is 1. The summed E-state index contributed by atoms with van der Waals surface area (Å²) in [6.07, 6.45) is 1.20. The van der Waals surface area contributed by atoms with Crippen molar-refractivity contribution in [2.24, 2.45) is 5.41 Å². The van der Waals surface area contributed by atoms with Crippen LogP contribution in [-0.2, 0) is 4.79 Å². The zero-order valence-electron chi connectivity index (χ0n) is 12.1. The molecule has 0 saturated carbocycles. The molecule has 2 aliphatic heterocycles. The van der Waals surface area contributed by atoms with Crippen molar-refractivity contribution in [1.82, 2.24) is 5.32 Å². The van der Waals surface area contributed by atoms with Crippen LogP contribution in [0.15, 0.2) is 16.6 Å². The quantitative estimate of drug-likeness (QED) is 0.872. The summed E-state index contributed by atoms with van der Waals surface area (Å²) in [7, 11) is 1.81. The fraction of sp³-hybridized carbons (Fsp3) is 0.533. The predicted molar refractivity (Wildman–Crippen MR) is 85.2 cm³/mol. The SMILES string of the molecule is CNC1C(=O)Nc2cc(N3CCC(C)(C)C3)c(Br)cc21. The lowest BCUT2D eigenvalue weighted by Crippen LogP contribution is -2.23. The first-order valence-electron chi connectivity index (χ1n) is 6.98. The van der Waals surface area contributed by atoms with E-state index in [4.69, 9.17) is 0 Å². The van der Waals surface area contributed by atoms with Crippen molar-refractivity contribution in [3.8, 4) is 0 Å². The highest BCUT2D eigenvalue weighted by atomic mass is 79.9. The van der Waals surface area contributed by atoms with E-state index in [1.54, 1.807) is 0 Å². The first kappa shape index (κ1) is 13.9. The van der Waals surface area contributed by atoms with Gasteiger partial charge in [-0.25, -0.2) is 0 Å². The molecule has 2 N–H and O–H groups in total. The molecule has 2 aliphatic rings. The highest BCUT2D eigenvalue weighted by molar-refractivity contribution is 9.10. The first-order chi connectivity index (χ1) is 9.41. The molecule has 20 heavy (non-hydrogen) atoms. The number of likely N-dealkylation sites (N-methyl/N-ethyl adjacent to an activating group) is 1. The molecule has 3 rings (SSSR count). The fourth-order valence-corrected chi connectivity index (χ4v) is 3.73. The van der Waals surface area contributed by atoms with Crippen LogP contribution in [0.1, 0.15) is 31.9 Å². The number of hydrogen-bond acceptors (Lipinski definition) is 3. The summed E-state index contributed by atoms with van der Waals surface area (Å²) in [4.78, 5) is 14.3. The molecular formula is C15H20BrN3O. The highest BCUT2D eigenvalue weighted by Gasteiger charge is 2.33. The Balaban J connectivity index is 1.96. The van der Waals surface area contributed by atoms with Crippen LogP contribution in [-0.4, -0.2) is 26.0 Å². The van der Waals surface area contributed by atoms with Gasteiger partial charge >= 0.3 is 0 Å². The van der Waals surface area contributed by atoms with Crippen LogP contribution >= 0.6 is 15.9 Å². The lowest BCUT2D eigenvalue weighted by atomic mass is 9.93. The summed E-state index contributed by atoms with van der Waals surface area (Å²) in [6.45, 7) is 6.71. The second kappa shape index (κ2) is 4.74. The van der Waals surface area contributed by atoms with Crippen LogP contribution in [0.5, 0.6) is 0 Å². The van der Waals surface area contributed by atoms with E-state index >= 15 is 0 Å². The topological polar surface area (TPSA) is 44.4 Å². The molecule has 0 bridgehead atoms. The van der Waals surface area contributed by atoms with Gasteiger partial charge in [0.25, 0.3) is 0 Å². The Bertz CT molecular complexity index is 570. The number of carbonyl (C=O) groups excluding carboxylic acids is 1. The second-order valence-corrected chi connectivity index (χ2v) is 7.29. The Kier molecular flexibility index (Phi) is 3.29. The van der Waals surface area contributed by atoms with Gasteiger partial charge in [-0.1, -0.05) is 13.8 Å². The molecule has 0 radical (unpaired) electrons. The van der Waals surface area contributed by atoms with E-state index in [1.807, 2.05) is 7.05 Å². The standard InChI is InChI=1S/C15H20BrN3O/c1-15(2)4-5-19(8-15)12-7-11-9(6-10(12)16)13(17-3)14(20)18-11/h6-7,13,17H,4-5,8H2,1-3H3,(H,18,20). The average Bonchev–Trinajstić information content (AvgIpc) is 2.87. The Morgan fingerprint density at radius 1 is 1.45 bits per heavy atom. The number of nitrogens with zero attached hydrogens (tertiary/aromatic N) is 1. The minimum Gasteiger partial charge on any atom is -0.370 e. The molecule has 1 fully saturated rings. The van der Waals surface area contributed by atoms with Crippen molar-refractivity contribution in [3.05, 3.63) is 22.2 Å². The van der Waals surface area contributed by atoms with Crippen molar-refractivity contribution in [3.63, 3.8) is 0 Å². The third-order valence-electron chi connectivity index (χ3n) is 4.26. The minimum absolute atomic E-state index is 0.0216. The molecule has 1 atom stereocenters. The van der Waals surface area contributed by atoms with Crippen molar-refractivity contribution in [1.29, 1.82) is 0 Å². The van der Waals surface area contributed by atoms with Crippen LogP contribution < -0.4 is 15.5 Å². The maximum absolute atomic E-state index is 11.9. The molecule has 108 valence electrons. The van der Waals surface area contributed by atoms with E-state index in [-0.39, 0.29) is 11.9 Å². The van der Waals surface area contributed by atoms with Crippen molar-refractivity contribution in [2.45, 2.75) is 26.3 Å². The van der Waals surface area contributed by atoms with Gasteiger partial charge in [-0.3, -0.25) is 4.79 Å². The average molecular weight is 338 g/mol. The number of benzene rings is 1. The summed E-state index contributed by atoms with van der Waals surface area (Å²) in [6, 6.07) is 3.91. The van der Waals surface area contributed by atoms with Gasteiger partial charge in [-0.05, 0) is 46.9 Å². The van der Waals surface area contributed by atoms with Crippen molar-refractivity contribution in [2.75, 3.05) is 30.4 Å². The molecule has 0 spiro atoms. The van der Waals surface area contributed by atoms with E-state index in [0.717, 1.165) is 28.8 Å². The van der Waals surface area contributed by atoms with Crippen molar-refractivity contribution < 1.29 is 4.79 Å². The maximum Gasteiger partial charge on any atom is 0.246 e. The number of hydrogen-bond donors (Lipinski definition) is 2. The first-order valence-corrected chi connectivity index (χ1v) is 7.77. The Morgan fingerprint density at radius 2 is 2.20 bits per heavy atom. The lowest BCUT2D eigenvalue weighted by Gasteiger charge is -2.23. The van der Waals surface area contributed by atoms with E-state index in [1.165, 1.54) is 12.1 Å². The molecular weight excluding hydrogens is 318 g/mol. The molecule has 5 heteroatoms.